The zero-order valence-electron chi connectivity index (χ0n) is 49.6. The second-order valence-electron chi connectivity index (χ2n) is 23.8. The van der Waals surface area contributed by atoms with Gasteiger partial charge in [0, 0.05) is 83.0 Å². The second-order valence-corrected chi connectivity index (χ2v) is 23.8. The Hall–Kier alpha value is -7.50. The molecule has 5 aliphatic rings. The predicted molar refractivity (Wildman–Crippen MR) is 320 cm³/mol. The average molecular weight is 1160 g/mol. The fourth-order valence-corrected chi connectivity index (χ4v) is 13.4. The Morgan fingerprint density at radius 3 is 2.33 bits per heavy atom. The van der Waals surface area contributed by atoms with Gasteiger partial charge in [0.1, 0.15) is 40.8 Å². The molecule has 3 aromatic heterocycles. The van der Waals surface area contributed by atoms with Gasteiger partial charge in [-0.05, 0) is 127 Å². The number of rotatable bonds is 16. The van der Waals surface area contributed by atoms with E-state index in [1.807, 2.05) is 54.7 Å². The first-order chi connectivity index (χ1) is 40.5. The number of nitrogens with one attached hydrogen (secondary N) is 1. The summed E-state index contributed by atoms with van der Waals surface area (Å²) in [6.45, 7) is 10.5. The molecule has 1 N–H and O–H groups in total. The number of anilines is 1. The number of amides is 3. The summed E-state index contributed by atoms with van der Waals surface area (Å²) in [6.07, 6.45) is 22.6. The largest absolute Gasteiger partial charge is 0.467 e. The topological polar surface area (TPSA) is 187 Å². The van der Waals surface area contributed by atoms with Gasteiger partial charge in [0.05, 0.1) is 47.8 Å². The van der Waals surface area contributed by atoms with Crippen molar-refractivity contribution in [2.24, 2.45) is 13.0 Å². The molecule has 5 fully saturated rings. The number of terminal acetylenes is 1. The van der Waals surface area contributed by atoms with Gasteiger partial charge in [-0.1, -0.05) is 55.2 Å². The molecule has 5 saturated heterocycles. The van der Waals surface area contributed by atoms with E-state index in [9.17, 15) is 28.4 Å². The number of pyridine rings is 1. The summed E-state index contributed by atoms with van der Waals surface area (Å²) in [7, 11) is 6.51. The van der Waals surface area contributed by atoms with Crippen LogP contribution in [0.15, 0.2) is 59.5 Å². The number of carbonyl (C=O) groups is 4. The predicted octanol–water partition coefficient (Wildman–Crippen LogP) is 9.15. The summed E-state index contributed by atoms with van der Waals surface area (Å²) in [5, 5.41) is 4.09. The van der Waals surface area contributed by atoms with E-state index in [0.29, 0.717) is 46.5 Å². The van der Waals surface area contributed by atoms with Gasteiger partial charge in [-0.15, -0.1) is 6.42 Å². The fraction of sp³-hybridized carbons (Fsp3) is 0.531. The van der Waals surface area contributed by atoms with Gasteiger partial charge in [0.25, 0.3) is 0 Å². The third kappa shape index (κ3) is 13.1. The zero-order valence-corrected chi connectivity index (χ0v) is 49.6. The van der Waals surface area contributed by atoms with Crippen molar-refractivity contribution in [2.75, 3.05) is 65.5 Å². The van der Waals surface area contributed by atoms with Crippen molar-refractivity contribution < 1.29 is 42.2 Å². The maximum Gasteiger partial charge on any atom is 0.410 e. The Labute approximate surface area is 490 Å². The first-order valence-corrected chi connectivity index (χ1v) is 29.7. The van der Waals surface area contributed by atoms with E-state index < -0.39 is 23.3 Å². The molecule has 3 amide bonds. The normalized spacial score (nSPS) is 20.0. The van der Waals surface area contributed by atoms with Gasteiger partial charge >= 0.3 is 17.8 Å². The Balaban J connectivity index is 0.000000174. The highest BCUT2D eigenvalue weighted by molar-refractivity contribution is 6.02. The molecule has 3 aromatic carbocycles. The maximum absolute atomic E-state index is 16.3. The van der Waals surface area contributed by atoms with E-state index in [2.05, 4.69) is 37.2 Å². The van der Waals surface area contributed by atoms with Crippen LogP contribution >= 0.6 is 0 Å². The van der Waals surface area contributed by atoms with Crippen LogP contribution in [-0.2, 0) is 37.3 Å². The molecule has 11 rings (SSSR count). The van der Waals surface area contributed by atoms with E-state index in [1.165, 1.54) is 56.2 Å². The van der Waals surface area contributed by atoms with E-state index in [1.54, 1.807) is 42.9 Å². The van der Waals surface area contributed by atoms with Gasteiger partial charge in [-0.2, -0.15) is 9.97 Å². The number of likely N-dealkylation sites (N-methyl/N-ethyl adjacent to an activating group) is 1. The number of imidazole rings is 1. The highest BCUT2D eigenvalue weighted by atomic mass is 19.1. The molecule has 448 valence electrons. The van der Waals surface area contributed by atoms with Crippen molar-refractivity contribution in [2.45, 2.75) is 146 Å². The molecule has 0 radical (unpaired) electrons. The lowest BCUT2D eigenvalue weighted by Crippen LogP contribution is -2.57. The molecule has 2 bridgehead atoms. The third-order valence-corrected chi connectivity index (χ3v) is 17.4. The summed E-state index contributed by atoms with van der Waals surface area (Å²) in [5.74, 6) is 2.01. The number of aldehydes is 1. The number of nitrogens with zero attached hydrogens (tertiary/aromatic N) is 9. The lowest BCUT2D eigenvalue weighted by atomic mass is 9.91. The number of aromatic nitrogens is 5. The van der Waals surface area contributed by atoms with Gasteiger partial charge in [-0.3, -0.25) is 33.5 Å². The van der Waals surface area contributed by atoms with Crippen molar-refractivity contribution in [3.63, 3.8) is 0 Å². The molecular weight excluding hydrogens is 1070 g/mol. The van der Waals surface area contributed by atoms with Crippen LogP contribution < -0.4 is 20.6 Å². The van der Waals surface area contributed by atoms with Crippen molar-refractivity contribution in [3.8, 4) is 29.6 Å². The number of para-hydroxylation sites is 1. The number of likely N-dealkylation sites (tertiary alicyclic amines) is 1. The van der Waals surface area contributed by atoms with Crippen molar-refractivity contribution >= 4 is 63.2 Å². The number of aryl methyl sites for hydroxylation is 2. The van der Waals surface area contributed by atoms with Crippen LogP contribution in [-0.4, -0.2) is 154 Å². The third-order valence-electron chi connectivity index (χ3n) is 17.4. The number of piperazine rings is 1. The average Bonchev–Trinajstić information content (AvgIpc) is 1.43. The number of methoxy groups -OCH3 is 2. The zero-order chi connectivity index (χ0) is 59.8. The second kappa shape index (κ2) is 27.0. The van der Waals surface area contributed by atoms with Gasteiger partial charge in [-0.25, -0.2) is 18.4 Å². The lowest BCUT2D eigenvalue weighted by molar-refractivity contribution is -0.124. The molecule has 0 saturated carbocycles. The molecule has 5 atom stereocenters. The molecule has 0 spiro atoms. The number of carbonyl (C=O) groups excluding carboxylic acids is 4. The molecular formula is C64H80F2N10O8. The summed E-state index contributed by atoms with van der Waals surface area (Å²) < 4.78 is 50.3. The number of hydrogen-bond donors (Lipinski definition) is 1. The molecule has 20 heteroatoms. The standard InChI is InChI=1S/C31H29F2N5O3.C24H34N4O4.C9H17NO/c1-6-20-23(32)13-10-17-8-7-9-21(24(17)20)26-25(33)27-22(14-34-26)28(36-29(35-27)40-5)37-15-18-11-12-19(16-37)38(18)30(39)41-31(2,3)4;1-25-23(31)21(11-6-16-29)28-20-10-5-9-19(22(20)26(2)24(28)32)8-4-3-7-18-12-14-27(17-30)15-13-18;1-11-7-9-5-4-8-3-2-6-10(8)9/h1,7-10,13-14,18-19H,11-12,15-16H2,2-5H3;5,9-10,16-18,21H,3-4,6-8,11-15H2,1-2H3,(H,25,31);8-9H,2-7H2,1H3. The Morgan fingerprint density at radius 1 is 0.917 bits per heavy atom. The minimum absolute atomic E-state index is 0.00116. The Morgan fingerprint density at radius 2 is 1.65 bits per heavy atom. The summed E-state index contributed by atoms with van der Waals surface area (Å²) in [4.78, 5) is 82.0. The minimum atomic E-state index is -0.714. The minimum Gasteiger partial charge on any atom is -0.467 e. The number of fused-ring (bicyclic) bond motifs is 6. The molecule has 8 heterocycles. The lowest BCUT2D eigenvalue weighted by Gasteiger charge is -2.42. The molecule has 84 heavy (non-hydrogen) atoms. The van der Waals surface area contributed by atoms with E-state index in [4.69, 9.17) is 20.6 Å². The van der Waals surface area contributed by atoms with E-state index in [0.717, 1.165) is 112 Å². The number of ether oxygens (including phenoxy) is 3. The number of hydrogen-bond acceptors (Lipinski definition) is 13. The molecule has 0 aliphatic carbocycles. The number of benzene rings is 3. The Kier molecular flexibility index (Phi) is 19.7. The SMILES string of the molecule is C#Cc1c(F)ccc2cccc(-c3ncc4c(N5CC6CCC(C5)N6C(=O)OC(C)(C)C)nc(OC)nc4c3F)c12.CNC(=O)C(CCC=O)n1c(=O)n(C)c2c(CCCCC3CCN(C=O)CC3)cccc21.COCC1CCC2CCCN21. The number of halogens is 2. The van der Waals surface area contributed by atoms with E-state index in [-0.39, 0.29) is 65.4 Å². The first-order valence-electron chi connectivity index (χ1n) is 29.7. The summed E-state index contributed by atoms with van der Waals surface area (Å²) in [6, 6.07) is 14.7. The molecule has 5 aliphatic heterocycles. The van der Waals surface area contributed by atoms with Crippen molar-refractivity contribution in [1.82, 2.24) is 44.1 Å². The summed E-state index contributed by atoms with van der Waals surface area (Å²) in [5.41, 5.74) is 2.27. The van der Waals surface area contributed by atoms with Crippen molar-refractivity contribution in [3.05, 3.63) is 88.0 Å². The first kappa shape index (κ1) is 61.1. The highest BCUT2D eigenvalue weighted by Gasteiger charge is 2.45. The van der Waals surface area contributed by atoms with Crippen LogP contribution in [0.2, 0.25) is 0 Å². The van der Waals surface area contributed by atoms with Crippen LogP contribution in [0.3, 0.4) is 0 Å². The molecule has 18 nitrogen and oxygen atoms in total. The van der Waals surface area contributed by atoms with Crippen LogP contribution in [0.25, 0.3) is 44.0 Å². The number of piperidine rings is 1. The van der Waals surface area contributed by atoms with Crippen LogP contribution in [0.5, 0.6) is 6.01 Å². The smallest absolute Gasteiger partial charge is 0.410 e. The fourth-order valence-electron chi connectivity index (χ4n) is 13.4. The highest BCUT2D eigenvalue weighted by Crippen LogP contribution is 2.40. The van der Waals surface area contributed by atoms with E-state index >= 15 is 4.39 Å². The number of unbranched alkanes of at least 4 members (excludes halogenated alkanes) is 1. The van der Waals surface area contributed by atoms with Crippen LogP contribution in [0.4, 0.5) is 19.4 Å². The molecule has 5 unspecified atom stereocenters. The summed E-state index contributed by atoms with van der Waals surface area (Å²) >= 11 is 0. The van der Waals surface area contributed by atoms with Crippen molar-refractivity contribution in [1.29, 1.82) is 0 Å². The van der Waals surface area contributed by atoms with Crippen LogP contribution in [0.1, 0.15) is 121 Å². The van der Waals surface area contributed by atoms with Crippen LogP contribution in [0, 0.1) is 29.9 Å². The van der Waals surface area contributed by atoms with Gasteiger partial charge < -0.3 is 34.1 Å². The van der Waals surface area contributed by atoms with Gasteiger partial charge in [0.15, 0.2) is 5.82 Å². The van der Waals surface area contributed by atoms with Gasteiger partial charge in [0.2, 0.25) is 12.3 Å². The Bertz CT molecular complexity index is 3440. The molecule has 6 aromatic rings. The quantitative estimate of drug-likeness (QED) is 0.0550. The monoisotopic (exact) mass is 1150 g/mol. The maximum atomic E-state index is 16.3.